The Morgan fingerprint density at radius 1 is 1.06 bits per heavy atom. The first-order chi connectivity index (χ1) is 15.4. The highest BCUT2D eigenvalue weighted by atomic mass is 35.5. The third kappa shape index (κ3) is 6.92. The van der Waals surface area contributed by atoms with Gasteiger partial charge in [-0.3, -0.25) is 9.69 Å². The maximum Gasteiger partial charge on any atom is 0.331 e. The molecule has 0 unspecified atom stereocenters. The van der Waals surface area contributed by atoms with Crippen LogP contribution >= 0.6 is 11.6 Å². The van der Waals surface area contributed by atoms with E-state index in [1.54, 1.807) is 24.3 Å². The van der Waals surface area contributed by atoms with E-state index in [4.69, 9.17) is 21.2 Å². The zero-order valence-corrected chi connectivity index (χ0v) is 18.8. The summed E-state index contributed by atoms with van der Waals surface area (Å²) in [5.74, 6) is -1.54. The molecular weight excluding hydrogens is 430 g/mol. The minimum absolute atomic E-state index is 0.0655. The highest BCUT2D eigenvalue weighted by Crippen LogP contribution is 2.27. The number of anilines is 1. The van der Waals surface area contributed by atoms with Crippen LogP contribution in [0.2, 0.25) is 5.02 Å². The number of carbonyl (C=O) groups excluding carboxylic acids is 1. The van der Waals surface area contributed by atoms with Crippen LogP contribution in [0.15, 0.2) is 82.9 Å². The molecule has 0 bridgehead atoms. The van der Waals surface area contributed by atoms with Gasteiger partial charge in [0.2, 0.25) is 5.82 Å². The van der Waals surface area contributed by atoms with Crippen molar-refractivity contribution in [2.24, 2.45) is 0 Å². The molecule has 0 saturated heterocycles. The van der Waals surface area contributed by atoms with Gasteiger partial charge in [0.1, 0.15) is 0 Å². The third-order valence-corrected chi connectivity index (χ3v) is 4.59. The lowest BCUT2D eigenvalue weighted by Crippen LogP contribution is -2.29. The third-order valence-electron chi connectivity index (χ3n) is 4.26. The molecule has 8 heteroatoms. The van der Waals surface area contributed by atoms with Crippen LogP contribution in [0.3, 0.4) is 0 Å². The van der Waals surface area contributed by atoms with Gasteiger partial charge in [0.15, 0.2) is 0 Å². The average Bonchev–Trinajstić information content (AvgIpc) is 3.28. The normalized spacial score (nSPS) is 11.1. The minimum Gasteiger partial charge on any atom is -0.478 e. The predicted molar refractivity (Wildman–Crippen MR) is 125 cm³/mol. The molecule has 0 spiro atoms. The first-order valence-electron chi connectivity index (χ1n) is 9.78. The number of hydrogen-bond donors (Lipinski definition) is 1. The van der Waals surface area contributed by atoms with Crippen LogP contribution in [0.1, 0.15) is 19.4 Å². The van der Waals surface area contributed by atoms with E-state index in [1.807, 2.05) is 56.3 Å². The number of aromatic nitrogens is 2. The summed E-state index contributed by atoms with van der Waals surface area (Å²) >= 11 is 6.13. The summed E-state index contributed by atoms with van der Waals surface area (Å²) in [7, 11) is 1.44. The Morgan fingerprint density at radius 3 is 2.28 bits per heavy atom. The van der Waals surface area contributed by atoms with Crippen molar-refractivity contribution in [1.29, 1.82) is 0 Å². The summed E-state index contributed by atoms with van der Waals surface area (Å²) in [4.78, 5) is 29.3. The minimum atomic E-state index is -1.21. The van der Waals surface area contributed by atoms with Crippen molar-refractivity contribution in [2.75, 3.05) is 11.9 Å². The molecule has 0 aliphatic heterocycles. The number of allylic oxidation sites excluding steroid dienone is 2. The maximum absolute atomic E-state index is 12.8. The van der Waals surface area contributed by atoms with Crippen molar-refractivity contribution in [2.45, 2.75) is 20.3 Å². The Bertz CT molecular complexity index is 1100. The zero-order valence-electron chi connectivity index (χ0n) is 18.0. The van der Waals surface area contributed by atoms with Crippen molar-refractivity contribution < 1.29 is 19.2 Å². The summed E-state index contributed by atoms with van der Waals surface area (Å²) in [5, 5.41) is 13.4. The molecule has 1 heterocycles. The summed E-state index contributed by atoms with van der Waals surface area (Å²) in [5.41, 5.74) is 1.45. The largest absolute Gasteiger partial charge is 0.478 e. The number of carboxylic acid groups (broad SMARTS) is 1. The summed E-state index contributed by atoms with van der Waals surface area (Å²) in [6, 6.07) is 16.0. The second kappa shape index (κ2) is 12.2. The van der Waals surface area contributed by atoms with Crippen LogP contribution in [-0.4, -0.2) is 34.2 Å². The lowest BCUT2D eigenvalue weighted by Gasteiger charge is -2.14. The summed E-state index contributed by atoms with van der Waals surface area (Å²) in [6.07, 6.45) is 5.04. The van der Waals surface area contributed by atoms with E-state index in [9.17, 15) is 9.59 Å². The number of rotatable bonds is 6. The van der Waals surface area contributed by atoms with Gasteiger partial charge in [-0.2, -0.15) is 4.98 Å². The van der Waals surface area contributed by atoms with Crippen molar-refractivity contribution >= 4 is 29.5 Å². The topological polar surface area (TPSA) is 96.5 Å². The highest BCUT2D eigenvalue weighted by molar-refractivity contribution is 6.33. The standard InChI is InChI=1S/C20H16ClN3O4.C4H8/c1-24(20-22-18(23-28-20)15-9-5-6-10-16(15)21)19(27)14(12-17(25)26)11-13-7-3-2-4-8-13;1-3-4-2/h2-10,12H,11H2,1H3,(H,25,26);3-4H,1-2H3/b14-12-;4-3-. The van der Waals surface area contributed by atoms with Gasteiger partial charge in [0, 0.05) is 30.7 Å². The summed E-state index contributed by atoms with van der Waals surface area (Å²) < 4.78 is 5.17. The molecule has 1 amide bonds. The Kier molecular flexibility index (Phi) is 9.38. The molecule has 0 aliphatic rings. The lowest BCUT2D eigenvalue weighted by molar-refractivity contribution is -0.131. The van der Waals surface area contributed by atoms with Crippen LogP contribution in [0.4, 0.5) is 6.01 Å². The number of carbonyl (C=O) groups is 2. The Balaban J connectivity index is 0.000000837. The van der Waals surface area contributed by atoms with Gasteiger partial charge in [-0.25, -0.2) is 4.79 Å². The summed E-state index contributed by atoms with van der Waals surface area (Å²) in [6.45, 7) is 4.00. The van der Waals surface area contributed by atoms with Crippen LogP contribution in [0, 0.1) is 0 Å². The molecule has 2 aromatic carbocycles. The van der Waals surface area contributed by atoms with Crippen LogP contribution < -0.4 is 4.90 Å². The molecule has 0 saturated carbocycles. The van der Waals surface area contributed by atoms with Gasteiger partial charge in [-0.15, -0.1) is 0 Å². The van der Waals surface area contributed by atoms with E-state index in [0.29, 0.717) is 10.6 Å². The van der Waals surface area contributed by atoms with Crippen molar-refractivity contribution in [3.8, 4) is 11.4 Å². The van der Waals surface area contributed by atoms with E-state index in [1.165, 1.54) is 7.05 Å². The molecule has 0 atom stereocenters. The Hall–Kier alpha value is -3.71. The molecule has 3 aromatic rings. The molecule has 166 valence electrons. The Labute approximate surface area is 191 Å². The van der Waals surface area contributed by atoms with Gasteiger partial charge in [-0.05, 0) is 31.5 Å². The fourth-order valence-corrected chi connectivity index (χ4v) is 2.78. The number of likely N-dealkylation sites (N-methyl/N-ethyl adjacent to an activating group) is 1. The van der Waals surface area contributed by atoms with Gasteiger partial charge in [-0.1, -0.05) is 71.4 Å². The van der Waals surface area contributed by atoms with E-state index in [2.05, 4.69) is 10.1 Å². The first kappa shape index (κ1) is 24.6. The van der Waals surface area contributed by atoms with Crippen molar-refractivity contribution in [3.63, 3.8) is 0 Å². The van der Waals surface area contributed by atoms with E-state index >= 15 is 0 Å². The number of benzene rings is 2. The number of aliphatic carboxylic acids is 1. The average molecular weight is 454 g/mol. The number of amides is 1. The van der Waals surface area contributed by atoms with Crippen LogP contribution in [0.25, 0.3) is 11.4 Å². The van der Waals surface area contributed by atoms with E-state index < -0.39 is 11.9 Å². The first-order valence-corrected chi connectivity index (χ1v) is 10.2. The number of halogens is 1. The fraction of sp³-hybridized carbons (Fsp3) is 0.167. The van der Waals surface area contributed by atoms with Crippen LogP contribution in [0.5, 0.6) is 0 Å². The SMILES string of the molecule is C/C=C\C.CN(C(=O)/C(=C\C(=O)O)Cc1ccccc1)c1nc(-c2ccccc2Cl)no1. The molecule has 0 fully saturated rings. The number of nitrogens with zero attached hydrogens (tertiary/aromatic N) is 3. The molecule has 32 heavy (non-hydrogen) atoms. The quantitative estimate of drug-likeness (QED) is 0.407. The molecule has 1 aromatic heterocycles. The van der Waals surface area contributed by atoms with Gasteiger partial charge >= 0.3 is 12.0 Å². The number of hydrogen-bond acceptors (Lipinski definition) is 5. The molecule has 0 radical (unpaired) electrons. The fourth-order valence-electron chi connectivity index (χ4n) is 2.56. The van der Waals surface area contributed by atoms with E-state index in [-0.39, 0.29) is 23.8 Å². The second-order valence-electron chi connectivity index (χ2n) is 6.58. The lowest BCUT2D eigenvalue weighted by atomic mass is 10.0. The Morgan fingerprint density at radius 2 is 1.69 bits per heavy atom. The van der Waals surface area contributed by atoms with Crippen molar-refractivity contribution in [1.82, 2.24) is 10.1 Å². The zero-order chi connectivity index (χ0) is 23.5. The van der Waals surface area contributed by atoms with E-state index in [0.717, 1.165) is 16.5 Å². The van der Waals surface area contributed by atoms with Gasteiger partial charge in [0.05, 0.1) is 5.02 Å². The smallest absolute Gasteiger partial charge is 0.331 e. The molecule has 7 nitrogen and oxygen atoms in total. The highest BCUT2D eigenvalue weighted by Gasteiger charge is 2.23. The maximum atomic E-state index is 12.8. The van der Waals surface area contributed by atoms with Gasteiger partial charge in [0.25, 0.3) is 5.91 Å². The molecule has 3 rings (SSSR count). The van der Waals surface area contributed by atoms with Crippen LogP contribution in [-0.2, 0) is 16.0 Å². The monoisotopic (exact) mass is 453 g/mol. The van der Waals surface area contributed by atoms with Crippen molar-refractivity contribution in [3.05, 3.63) is 89.0 Å². The molecule has 1 N–H and O–H groups in total. The number of carboxylic acids is 1. The predicted octanol–water partition coefficient (Wildman–Crippen LogP) is 5.19. The molecule has 0 aliphatic carbocycles. The molecular formula is C24H24ClN3O4. The second-order valence-corrected chi connectivity index (χ2v) is 6.99. The van der Waals surface area contributed by atoms with Gasteiger partial charge < -0.3 is 9.63 Å².